The van der Waals surface area contributed by atoms with E-state index in [1.54, 1.807) is 0 Å². The third kappa shape index (κ3) is 3.65. The van der Waals surface area contributed by atoms with Crippen molar-refractivity contribution >= 4 is 87.5 Å². The van der Waals surface area contributed by atoms with Crippen molar-refractivity contribution in [3.63, 3.8) is 0 Å². The van der Waals surface area contributed by atoms with E-state index in [4.69, 9.17) is 8.83 Å². The first-order valence-corrected chi connectivity index (χ1v) is 17.7. The van der Waals surface area contributed by atoms with Gasteiger partial charge in [0, 0.05) is 49.0 Å². The van der Waals surface area contributed by atoms with Crippen LogP contribution in [0.5, 0.6) is 0 Å². The highest BCUT2D eigenvalue weighted by atomic mass is 16.3. The highest BCUT2D eigenvalue weighted by Crippen LogP contribution is 2.46. The summed E-state index contributed by atoms with van der Waals surface area (Å²) in [6, 6.07) is 60.4. The van der Waals surface area contributed by atoms with Gasteiger partial charge in [0.2, 0.25) is 0 Å². The van der Waals surface area contributed by atoms with E-state index < -0.39 is 0 Å². The van der Waals surface area contributed by atoms with Crippen LogP contribution in [0.3, 0.4) is 0 Å². The third-order valence-electron chi connectivity index (χ3n) is 10.9. The minimum atomic E-state index is 0.882. The highest BCUT2D eigenvalue weighted by Gasteiger charge is 2.24. The van der Waals surface area contributed by atoms with Crippen LogP contribution in [0, 0.1) is 0 Å². The van der Waals surface area contributed by atoms with Gasteiger partial charge < -0.3 is 18.0 Å². The molecule has 8 aromatic carbocycles. The molecule has 0 radical (unpaired) electrons. The molecule has 4 nitrogen and oxygen atoms in total. The summed E-state index contributed by atoms with van der Waals surface area (Å²) in [5.41, 5.74) is 12.5. The number of benzene rings is 8. The molecule has 0 N–H and O–H groups in total. The van der Waals surface area contributed by atoms with Gasteiger partial charge in [-0.05, 0) is 66.2 Å². The van der Waals surface area contributed by atoms with Crippen LogP contribution in [0.4, 0.5) is 0 Å². The number of furan rings is 2. The van der Waals surface area contributed by atoms with Crippen molar-refractivity contribution in [2.45, 2.75) is 0 Å². The van der Waals surface area contributed by atoms with Crippen LogP contribution < -0.4 is 0 Å². The van der Waals surface area contributed by atoms with Gasteiger partial charge in [0.15, 0.2) is 5.58 Å². The van der Waals surface area contributed by atoms with E-state index in [9.17, 15) is 0 Å². The lowest BCUT2D eigenvalue weighted by molar-refractivity contribution is 0.666. The number of para-hydroxylation sites is 6. The summed E-state index contributed by atoms with van der Waals surface area (Å²) >= 11 is 0. The van der Waals surface area contributed by atoms with Crippen molar-refractivity contribution in [2.75, 3.05) is 0 Å². The smallest absolute Gasteiger partial charge is 0.159 e. The van der Waals surface area contributed by atoms with Crippen molar-refractivity contribution in [3.8, 4) is 22.5 Å². The Bertz CT molecular complexity index is 3410. The molecule has 0 saturated carbocycles. The highest BCUT2D eigenvalue weighted by molar-refractivity contribution is 6.28. The molecule has 0 saturated heterocycles. The molecule has 0 unspecified atom stereocenters. The molecule has 0 aliphatic carbocycles. The Hall–Kier alpha value is -7.04. The fourth-order valence-corrected chi connectivity index (χ4v) is 8.71. The Morgan fingerprint density at radius 3 is 1.77 bits per heavy atom. The second-order valence-corrected chi connectivity index (χ2v) is 13.6. The minimum Gasteiger partial charge on any atom is -0.455 e. The predicted molar refractivity (Wildman–Crippen MR) is 215 cm³/mol. The molecule has 4 heterocycles. The monoisotopic (exact) mass is 664 g/mol. The first kappa shape index (κ1) is 27.7. The minimum absolute atomic E-state index is 0.882. The summed E-state index contributed by atoms with van der Waals surface area (Å²) in [5.74, 6) is 0. The Morgan fingerprint density at radius 2 is 0.962 bits per heavy atom. The molecule has 0 spiro atoms. The van der Waals surface area contributed by atoms with Crippen LogP contribution >= 0.6 is 0 Å². The number of hydrogen-bond donors (Lipinski definition) is 0. The first-order valence-electron chi connectivity index (χ1n) is 17.7. The van der Waals surface area contributed by atoms with Gasteiger partial charge in [-0.2, -0.15) is 0 Å². The Morgan fingerprint density at radius 1 is 0.365 bits per heavy atom. The largest absolute Gasteiger partial charge is 0.455 e. The summed E-state index contributed by atoms with van der Waals surface area (Å²) in [6.45, 7) is 0. The van der Waals surface area contributed by atoms with Gasteiger partial charge in [-0.3, -0.25) is 0 Å². The molecular weight excluding hydrogens is 637 g/mol. The van der Waals surface area contributed by atoms with Crippen molar-refractivity contribution in [3.05, 3.63) is 170 Å². The van der Waals surface area contributed by atoms with Crippen LogP contribution in [-0.2, 0) is 0 Å². The molecule has 0 aliphatic rings. The first-order chi connectivity index (χ1) is 25.8. The predicted octanol–water partition coefficient (Wildman–Crippen LogP) is 13.3. The number of hydrogen-bond acceptors (Lipinski definition) is 2. The number of rotatable bonds is 3. The van der Waals surface area contributed by atoms with Crippen LogP contribution in [-0.4, -0.2) is 9.13 Å². The fraction of sp³-hybridized carbons (Fsp3) is 0. The van der Waals surface area contributed by atoms with Gasteiger partial charge in [-0.25, -0.2) is 0 Å². The molecule has 0 atom stereocenters. The summed E-state index contributed by atoms with van der Waals surface area (Å²) in [7, 11) is 0. The van der Waals surface area contributed by atoms with E-state index >= 15 is 0 Å². The molecule has 0 fully saturated rings. The topological polar surface area (TPSA) is 36.1 Å². The maximum Gasteiger partial charge on any atom is 0.159 e. The van der Waals surface area contributed by atoms with E-state index in [0.717, 1.165) is 82.9 Å². The van der Waals surface area contributed by atoms with Gasteiger partial charge in [-0.1, -0.05) is 109 Å². The second-order valence-electron chi connectivity index (χ2n) is 13.6. The number of fused-ring (bicyclic) bond motifs is 13. The average molecular weight is 665 g/mol. The van der Waals surface area contributed by atoms with E-state index in [2.05, 4.69) is 167 Å². The van der Waals surface area contributed by atoms with E-state index in [-0.39, 0.29) is 0 Å². The quantitative estimate of drug-likeness (QED) is 0.188. The average Bonchev–Trinajstić information content (AvgIpc) is 3.95. The molecule has 0 amide bonds. The molecule has 0 bridgehead atoms. The SMILES string of the molecule is c1ccc(-n2c3ccccc3c3cc(-c4ccc5c(c4)c4ccccc4n5-c4cccc5c4oc4ccccc45)c4oc5ccccc5c4c32)cc1. The zero-order valence-electron chi connectivity index (χ0n) is 27.9. The van der Waals surface area contributed by atoms with Gasteiger partial charge in [0.1, 0.15) is 16.7 Å². The van der Waals surface area contributed by atoms with Gasteiger partial charge in [0.05, 0.1) is 33.1 Å². The molecule has 4 aromatic heterocycles. The van der Waals surface area contributed by atoms with Gasteiger partial charge in [0.25, 0.3) is 0 Å². The maximum atomic E-state index is 6.85. The standard InChI is InChI=1S/C48H28N2O2/c1-2-13-30(14-3-1)49-39-20-8-5-16-32(39)38-28-36(48-45(46(38)49)35-18-7-11-24-44(35)52-48)29-25-26-41-37(27-29)31-15-4-9-21-40(31)50(41)42-22-12-19-34-33-17-6-10-23-43(33)51-47(34)42/h1-28H. The summed E-state index contributed by atoms with van der Waals surface area (Å²) < 4.78 is 18.2. The zero-order chi connectivity index (χ0) is 33.9. The Balaban J connectivity index is 1.18. The number of aromatic nitrogens is 2. The zero-order valence-corrected chi connectivity index (χ0v) is 27.9. The lowest BCUT2D eigenvalue weighted by Crippen LogP contribution is -1.94. The van der Waals surface area contributed by atoms with Crippen molar-refractivity contribution in [1.82, 2.24) is 9.13 Å². The lowest BCUT2D eigenvalue weighted by atomic mass is 9.97. The molecule has 0 aliphatic heterocycles. The maximum absolute atomic E-state index is 6.85. The van der Waals surface area contributed by atoms with Crippen LogP contribution in [0.1, 0.15) is 0 Å². The van der Waals surface area contributed by atoms with Crippen LogP contribution in [0.15, 0.2) is 179 Å². The molecular formula is C48H28N2O2. The van der Waals surface area contributed by atoms with Gasteiger partial charge in [-0.15, -0.1) is 0 Å². The van der Waals surface area contributed by atoms with Crippen molar-refractivity contribution in [1.29, 1.82) is 0 Å². The third-order valence-corrected chi connectivity index (χ3v) is 10.9. The van der Waals surface area contributed by atoms with E-state index in [1.807, 2.05) is 12.1 Å². The molecule has 4 heteroatoms. The van der Waals surface area contributed by atoms with E-state index in [0.29, 0.717) is 0 Å². The van der Waals surface area contributed by atoms with E-state index in [1.165, 1.54) is 27.1 Å². The van der Waals surface area contributed by atoms with Crippen molar-refractivity contribution in [2.24, 2.45) is 0 Å². The van der Waals surface area contributed by atoms with Crippen LogP contribution in [0.25, 0.3) is 110 Å². The normalized spacial score (nSPS) is 12.2. The lowest BCUT2D eigenvalue weighted by Gasteiger charge is -2.11. The molecule has 12 aromatic rings. The van der Waals surface area contributed by atoms with Gasteiger partial charge >= 0.3 is 0 Å². The molecule has 242 valence electrons. The summed E-state index contributed by atoms with van der Waals surface area (Å²) in [5, 5.41) is 9.27. The second kappa shape index (κ2) is 10.3. The number of nitrogens with zero attached hydrogens (tertiary/aromatic N) is 2. The molecule has 52 heavy (non-hydrogen) atoms. The fourth-order valence-electron chi connectivity index (χ4n) is 8.71. The van der Waals surface area contributed by atoms with Crippen molar-refractivity contribution < 1.29 is 8.83 Å². The summed E-state index contributed by atoms with van der Waals surface area (Å²) in [4.78, 5) is 0. The Kier molecular flexibility index (Phi) is 5.47. The Labute approximate surface area is 296 Å². The molecule has 12 rings (SSSR count). The van der Waals surface area contributed by atoms with Crippen LogP contribution in [0.2, 0.25) is 0 Å². The summed E-state index contributed by atoms with van der Waals surface area (Å²) in [6.07, 6.45) is 0.